The number of nitrogens with zero attached hydrogens (tertiary/aromatic N) is 2. The standard InChI is InChI=1S/C19H27F3N4/c20-19(21,22)13-25-5-7-26(8-6-25)17-3-1-15(2-4-17)24-16-11-18(12-16)9-14(23)10-18/h1-4,14,16,24H,5-13,23H2. The second-order valence-electron chi connectivity index (χ2n) is 8.34. The second-order valence-corrected chi connectivity index (χ2v) is 8.34. The molecule has 1 aliphatic heterocycles. The molecule has 2 saturated carbocycles. The molecule has 3 aliphatic rings. The Labute approximate surface area is 152 Å². The summed E-state index contributed by atoms with van der Waals surface area (Å²) >= 11 is 0. The minimum atomic E-state index is -4.11. The molecule has 0 radical (unpaired) electrons. The van der Waals surface area contributed by atoms with Gasteiger partial charge in [0.2, 0.25) is 0 Å². The lowest BCUT2D eigenvalue weighted by molar-refractivity contribution is -0.146. The smallest absolute Gasteiger partial charge is 0.382 e. The van der Waals surface area contributed by atoms with E-state index in [0.29, 0.717) is 43.7 Å². The Morgan fingerprint density at radius 3 is 2.15 bits per heavy atom. The molecule has 0 atom stereocenters. The van der Waals surface area contributed by atoms with Crippen molar-refractivity contribution < 1.29 is 13.2 Å². The first-order valence-corrected chi connectivity index (χ1v) is 9.47. The van der Waals surface area contributed by atoms with Gasteiger partial charge in [0.1, 0.15) is 0 Å². The van der Waals surface area contributed by atoms with Gasteiger partial charge in [-0.3, -0.25) is 4.90 Å². The van der Waals surface area contributed by atoms with Crippen LogP contribution in [0.15, 0.2) is 24.3 Å². The summed E-state index contributed by atoms with van der Waals surface area (Å²) in [7, 11) is 0. The fraction of sp³-hybridized carbons (Fsp3) is 0.684. The van der Waals surface area contributed by atoms with E-state index in [1.54, 1.807) is 0 Å². The maximum absolute atomic E-state index is 12.5. The lowest BCUT2D eigenvalue weighted by Gasteiger charge is -2.57. The molecule has 1 heterocycles. The van der Waals surface area contributed by atoms with E-state index in [1.165, 1.54) is 30.6 Å². The zero-order valence-electron chi connectivity index (χ0n) is 14.9. The molecular weight excluding hydrogens is 341 g/mol. The number of hydrogen-bond acceptors (Lipinski definition) is 4. The van der Waals surface area contributed by atoms with E-state index in [2.05, 4.69) is 34.5 Å². The van der Waals surface area contributed by atoms with Gasteiger partial charge in [-0.2, -0.15) is 13.2 Å². The first-order valence-electron chi connectivity index (χ1n) is 9.47. The van der Waals surface area contributed by atoms with Crippen LogP contribution in [0.3, 0.4) is 0 Å². The molecule has 4 nitrogen and oxygen atoms in total. The average molecular weight is 368 g/mol. The van der Waals surface area contributed by atoms with Gasteiger partial charge in [0.15, 0.2) is 0 Å². The number of hydrogen-bond donors (Lipinski definition) is 2. The predicted molar refractivity (Wildman–Crippen MR) is 97.4 cm³/mol. The van der Waals surface area contributed by atoms with Gasteiger partial charge in [-0.15, -0.1) is 0 Å². The third-order valence-corrected chi connectivity index (χ3v) is 6.13. The Kier molecular flexibility index (Phi) is 4.55. The largest absolute Gasteiger partial charge is 0.401 e. The number of nitrogens with two attached hydrogens (primary N) is 1. The van der Waals surface area contributed by atoms with Crippen molar-refractivity contribution in [2.24, 2.45) is 11.1 Å². The minimum Gasteiger partial charge on any atom is -0.382 e. The van der Waals surface area contributed by atoms with Crippen molar-refractivity contribution in [2.75, 3.05) is 42.9 Å². The topological polar surface area (TPSA) is 44.5 Å². The normalized spacial score (nSPS) is 32.2. The maximum Gasteiger partial charge on any atom is 0.401 e. The summed E-state index contributed by atoms with van der Waals surface area (Å²) in [5, 5.41) is 3.59. The lowest BCUT2D eigenvalue weighted by Crippen LogP contribution is -2.57. The van der Waals surface area contributed by atoms with Crippen LogP contribution in [-0.4, -0.2) is 55.9 Å². The summed E-state index contributed by atoms with van der Waals surface area (Å²) in [4.78, 5) is 3.63. The highest BCUT2D eigenvalue weighted by Gasteiger charge is 2.51. The van der Waals surface area contributed by atoms with Crippen molar-refractivity contribution in [1.82, 2.24) is 4.90 Å². The summed E-state index contributed by atoms with van der Waals surface area (Å²) in [6.07, 6.45) is 0.655. The van der Waals surface area contributed by atoms with Gasteiger partial charge >= 0.3 is 6.18 Å². The molecule has 0 bridgehead atoms. The van der Waals surface area contributed by atoms with Crippen molar-refractivity contribution in [2.45, 2.75) is 43.9 Å². The number of halogens is 3. The van der Waals surface area contributed by atoms with Crippen LogP contribution in [0.5, 0.6) is 0 Å². The zero-order valence-corrected chi connectivity index (χ0v) is 14.9. The number of piperazine rings is 1. The molecule has 1 aromatic rings. The Balaban J connectivity index is 1.24. The molecule has 0 unspecified atom stereocenters. The molecule has 0 amide bonds. The van der Waals surface area contributed by atoms with Gasteiger partial charge < -0.3 is 16.0 Å². The molecule has 3 fully saturated rings. The second kappa shape index (κ2) is 6.60. The van der Waals surface area contributed by atoms with Crippen LogP contribution in [0, 0.1) is 5.41 Å². The molecule has 1 spiro atoms. The summed E-state index contributed by atoms with van der Waals surface area (Å²) in [6.45, 7) is 1.36. The number of alkyl halides is 3. The molecule has 0 aromatic heterocycles. The van der Waals surface area contributed by atoms with E-state index in [1.807, 2.05) is 0 Å². The number of rotatable bonds is 4. The van der Waals surface area contributed by atoms with Crippen molar-refractivity contribution in [3.05, 3.63) is 24.3 Å². The van der Waals surface area contributed by atoms with Gasteiger partial charge in [-0.1, -0.05) is 0 Å². The third kappa shape index (κ3) is 3.93. The van der Waals surface area contributed by atoms with Crippen LogP contribution >= 0.6 is 0 Å². The average Bonchev–Trinajstić information content (AvgIpc) is 2.51. The van der Waals surface area contributed by atoms with Crippen molar-refractivity contribution in [3.63, 3.8) is 0 Å². The molecule has 1 saturated heterocycles. The highest BCUT2D eigenvalue weighted by Crippen LogP contribution is 2.55. The molecule has 3 N–H and O–H groups in total. The highest BCUT2D eigenvalue weighted by atomic mass is 19.4. The van der Waals surface area contributed by atoms with Gasteiger partial charge in [-0.05, 0) is 55.4 Å². The highest BCUT2D eigenvalue weighted by molar-refractivity contribution is 5.56. The molecule has 144 valence electrons. The van der Waals surface area contributed by atoms with E-state index in [0.717, 1.165) is 11.4 Å². The summed E-state index contributed by atoms with van der Waals surface area (Å²) in [5.41, 5.74) is 8.62. The van der Waals surface area contributed by atoms with Crippen LogP contribution < -0.4 is 16.0 Å². The Bertz CT molecular complexity index is 609. The number of nitrogens with one attached hydrogen (secondary N) is 1. The predicted octanol–water partition coefficient (Wildman–Crippen LogP) is 3.05. The Hall–Kier alpha value is -1.47. The first-order chi connectivity index (χ1) is 12.3. The molecule has 26 heavy (non-hydrogen) atoms. The Morgan fingerprint density at radius 2 is 1.62 bits per heavy atom. The van der Waals surface area contributed by atoms with Crippen molar-refractivity contribution >= 4 is 11.4 Å². The van der Waals surface area contributed by atoms with Gasteiger partial charge in [0.05, 0.1) is 6.54 Å². The maximum atomic E-state index is 12.5. The fourth-order valence-electron chi connectivity index (χ4n) is 4.90. The number of anilines is 2. The minimum absolute atomic E-state index is 0.409. The van der Waals surface area contributed by atoms with Gasteiger partial charge in [-0.25, -0.2) is 0 Å². The van der Waals surface area contributed by atoms with E-state index >= 15 is 0 Å². The molecule has 2 aliphatic carbocycles. The van der Waals surface area contributed by atoms with E-state index in [4.69, 9.17) is 5.73 Å². The van der Waals surface area contributed by atoms with Crippen LogP contribution in [0.2, 0.25) is 0 Å². The quantitative estimate of drug-likeness (QED) is 0.857. The van der Waals surface area contributed by atoms with Crippen molar-refractivity contribution in [3.8, 4) is 0 Å². The summed E-state index contributed by atoms with van der Waals surface area (Å²) in [6, 6.07) is 9.24. The monoisotopic (exact) mass is 368 g/mol. The van der Waals surface area contributed by atoms with E-state index in [9.17, 15) is 13.2 Å². The van der Waals surface area contributed by atoms with Crippen molar-refractivity contribution in [1.29, 1.82) is 0 Å². The van der Waals surface area contributed by atoms with Crippen LogP contribution in [0.25, 0.3) is 0 Å². The van der Waals surface area contributed by atoms with Crippen LogP contribution in [0.4, 0.5) is 24.5 Å². The van der Waals surface area contributed by atoms with Crippen LogP contribution in [0.1, 0.15) is 25.7 Å². The first kappa shape index (κ1) is 17.9. The van der Waals surface area contributed by atoms with E-state index in [-0.39, 0.29) is 0 Å². The Morgan fingerprint density at radius 1 is 1.00 bits per heavy atom. The zero-order chi connectivity index (χ0) is 18.4. The van der Waals surface area contributed by atoms with Crippen LogP contribution in [-0.2, 0) is 0 Å². The number of benzene rings is 1. The third-order valence-electron chi connectivity index (χ3n) is 6.13. The van der Waals surface area contributed by atoms with Gasteiger partial charge in [0, 0.05) is 49.6 Å². The summed E-state index contributed by atoms with van der Waals surface area (Å²) < 4.78 is 37.4. The van der Waals surface area contributed by atoms with Gasteiger partial charge in [0.25, 0.3) is 0 Å². The molecule has 1 aromatic carbocycles. The summed E-state index contributed by atoms with van der Waals surface area (Å²) in [5.74, 6) is 0. The SMILES string of the molecule is NC1CC2(C1)CC(Nc1ccc(N3CCN(CC(F)(F)F)CC3)cc1)C2. The lowest BCUT2D eigenvalue weighted by atomic mass is 9.52. The molecular formula is C19H27F3N4. The molecule has 7 heteroatoms. The molecule has 4 rings (SSSR count). The van der Waals surface area contributed by atoms with E-state index < -0.39 is 12.7 Å². The fourth-order valence-corrected chi connectivity index (χ4v) is 4.90.